The van der Waals surface area contributed by atoms with E-state index in [0.717, 1.165) is 0 Å². The van der Waals surface area contributed by atoms with E-state index < -0.39 is 18.9 Å². The van der Waals surface area contributed by atoms with Crippen molar-refractivity contribution in [3.8, 4) is 5.75 Å². The number of alkyl halides is 3. The van der Waals surface area contributed by atoms with Crippen LogP contribution in [0.5, 0.6) is 5.75 Å². The molecule has 1 atom stereocenters. The molecule has 0 aliphatic rings. The minimum Gasteiger partial charge on any atom is -0.490 e. The van der Waals surface area contributed by atoms with Crippen molar-refractivity contribution in [2.24, 2.45) is 0 Å². The number of halogens is 4. The van der Waals surface area contributed by atoms with Gasteiger partial charge in [-0.3, -0.25) is 4.79 Å². The molecule has 1 aromatic rings. The Balaban J connectivity index is 2.84. The van der Waals surface area contributed by atoms with Crippen LogP contribution in [0.15, 0.2) is 22.7 Å². The van der Waals surface area contributed by atoms with Crippen molar-refractivity contribution in [3.05, 3.63) is 28.2 Å². The van der Waals surface area contributed by atoms with Crippen LogP contribution < -0.4 is 4.74 Å². The quantitative estimate of drug-likeness (QED) is 0.865. The molecule has 0 radical (unpaired) electrons. The second-order valence-corrected chi connectivity index (χ2v) is 4.48. The molecule has 3 nitrogen and oxygen atoms in total. The second kappa shape index (κ2) is 5.71. The maximum absolute atomic E-state index is 12.1. The van der Waals surface area contributed by atoms with Crippen LogP contribution >= 0.6 is 15.9 Å². The minimum absolute atomic E-state index is 0.000162. The highest BCUT2D eigenvalue weighted by Crippen LogP contribution is 2.26. The van der Waals surface area contributed by atoms with Gasteiger partial charge in [0.2, 0.25) is 0 Å². The molecule has 7 heteroatoms. The largest absolute Gasteiger partial charge is 0.490 e. The first-order valence-corrected chi connectivity index (χ1v) is 5.69. The van der Waals surface area contributed by atoms with Crippen LogP contribution in [-0.4, -0.2) is 29.8 Å². The van der Waals surface area contributed by atoms with E-state index in [1.165, 1.54) is 19.1 Å². The van der Waals surface area contributed by atoms with Gasteiger partial charge in [-0.05, 0) is 25.1 Å². The molecule has 0 bridgehead atoms. The number of ether oxygens (including phenoxy) is 1. The van der Waals surface area contributed by atoms with Gasteiger partial charge < -0.3 is 9.84 Å². The molecule has 0 aromatic heterocycles. The molecule has 0 saturated heterocycles. The number of hydrogen-bond donors (Lipinski definition) is 1. The molecule has 0 saturated carbocycles. The summed E-state index contributed by atoms with van der Waals surface area (Å²) in [6.45, 7) is 0.316. The van der Waals surface area contributed by atoms with E-state index in [0.29, 0.717) is 4.47 Å². The topological polar surface area (TPSA) is 46.5 Å². The van der Waals surface area contributed by atoms with Crippen LogP contribution in [0.3, 0.4) is 0 Å². The van der Waals surface area contributed by atoms with Crippen LogP contribution in [0.2, 0.25) is 0 Å². The molecule has 1 N–H and O–H groups in total. The Hall–Kier alpha value is -1.08. The fourth-order valence-electron chi connectivity index (χ4n) is 1.17. The molecule has 0 amide bonds. The number of aliphatic hydroxyl groups is 1. The molecule has 0 aliphatic heterocycles. The van der Waals surface area contributed by atoms with Crippen molar-refractivity contribution in [1.82, 2.24) is 0 Å². The van der Waals surface area contributed by atoms with Crippen molar-refractivity contribution in [1.29, 1.82) is 0 Å². The summed E-state index contributed by atoms with van der Waals surface area (Å²) < 4.78 is 41.7. The van der Waals surface area contributed by atoms with Gasteiger partial charge in [0.25, 0.3) is 0 Å². The highest BCUT2D eigenvalue weighted by molar-refractivity contribution is 9.10. The van der Waals surface area contributed by atoms with Crippen molar-refractivity contribution in [2.75, 3.05) is 6.61 Å². The van der Waals surface area contributed by atoms with Crippen LogP contribution in [0.4, 0.5) is 13.2 Å². The highest BCUT2D eigenvalue weighted by atomic mass is 79.9. The molecular formula is C11H10BrF3O3. The summed E-state index contributed by atoms with van der Waals surface area (Å²) in [5.74, 6) is -0.334. The summed E-state index contributed by atoms with van der Waals surface area (Å²) in [5.41, 5.74) is 0.160. The van der Waals surface area contributed by atoms with Gasteiger partial charge in [0, 0.05) is 4.47 Å². The lowest BCUT2D eigenvalue weighted by atomic mass is 10.1. The van der Waals surface area contributed by atoms with Gasteiger partial charge in [0.1, 0.15) is 12.4 Å². The third-order valence-electron chi connectivity index (χ3n) is 2.10. The van der Waals surface area contributed by atoms with Gasteiger partial charge in [-0.1, -0.05) is 15.9 Å². The maximum atomic E-state index is 12.1. The first-order valence-electron chi connectivity index (χ1n) is 4.90. The summed E-state index contributed by atoms with van der Waals surface area (Å²) in [4.78, 5) is 11.2. The summed E-state index contributed by atoms with van der Waals surface area (Å²) in [7, 11) is 0. The van der Waals surface area contributed by atoms with Crippen molar-refractivity contribution in [3.63, 3.8) is 0 Å². The van der Waals surface area contributed by atoms with Gasteiger partial charge in [-0.25, -0.2) is 0 Å². The van der Waals surface area contributed by atoms with E-state index in [2.05, 4.69) is 15.9 Å². The average molecular weight is 327 g/mol. The van der Waals surface area contributed by atoms with E-state index in [1.54, 1.807) is 6.07 Å². The predicted molar refractivity (Wildman–Crippen MR) is 61.7 cm³/mol. The zero-order valence-corrected chi connectivity index (χ0v) is 10.9. The first kappa shape index (κ1) is 15.0. The van der Waals surface area contributed by atoms with Crippen molar-refractivity contribution < 1.29 is 27.8 Å². The Morgan fingerprint density at radius 1 is 1.50 bits per heavy atom. The van der Waals surface area contributed by atoms with Gasteiger partial charge in [0.15, 0.2) is 11.9 Å². The summed E-state index contributed by atoms with van der Waals surface area (Å²) in [5, 5.41) is 8.80. The van der Waals surface area contributed by atoms with Crippen LogP contribution in [-0.2, 0) is 0 Å². The van der Waals surface area contributed by atoms with Crippen molar-refractivity contribution >= 4 is 21.7 Å². The Labute approximate surface area is 110 Å². The molecule has 0 aliphatic carbocycles. The summed E-state index contributed by atoms with van der Waals surface area (Å²) in [6.07, 6.45) is -7.33. The first-order chi connectivity index (χ1) is 8.21. The standard InChI is InChI=1S/C11H10BrF3O3/c1-6(16)8-3-2-7(12)4-9(8)18-5-10(17)11(13,14)15/h2-4,10,17H,5H2,1H3. The van der Waals surface area contributed by atoms with Gasteiger partial charge in [0.05, 0.1) is 5.56 Å². The average Bonchev–Trinajstić information content (AvgIpc) is 2.24. The molecular weight excluding hydrogens is 317 g/mol. The van der Waals surface area contributed by atoms with Crippen LogP contribution in [0, 0.1) is 0 Å². The third-order valence-corrected chi connectivity index (χ3v) is 2.59. The van der Waals surface area contributed by atoms with E-state index >= 15 is 0 Å². The molecule has 1 unspecified atom stereocenters. The molecule has 0 fully saturated rings. The highest BCUT2D eigenvalue weighted by Gasteiger charge is 2.38. The molecule has 1 rings (SSSR count). The number of benzene rings is 1. The predicted octanol–water partition coefficient (Wildman–Crippen LogP) is 2.95. The number of ketones is 1. The molecule has 18 heavy (non-hydrogen) atoms. The SMILES string of the molecule is CC(=O)c1ccc(Br)cc1OCC(O)C(F)(F)F. The van der Waals surface area contributed by atoms with Gasteiger partial charge in [-0.2, -0.15) is 13.2 Å². The van der Waals surface area contributed by atoms with E-state index in [9.17, 15) is 18.0 Å². The Morgan fingerprint density at radius 2 is 2.11 bits per heavy atom. The lowest BCUT2D eigenvalue weighted by Gasteiger charge is -2.16. The lowest BCUT2D eigenvalue weighted by molar-refractivity contribution is -0.210. The fraction of sp³-hybridized carbons (Fsp3) is 0.364. The number of hydrogen-bond acceptors (Lipinski definition) is 3. The number of Topliss-reactive ketones (excluding diaryl/α,β-unsaturated/α-hetero) is 1. The third kappa shape index (κ3) is 3.99. The Morgan fingerprint density at radius 3 is 2.61 bits per heavy atom. The number of aliphatic hydroxyl groups excluding tert-OH is 1. The van der Waals surface area contributed by atoms with Crippen molar-refractivity contribution in [2.45, 2.75) is 19.2 Å². The minimum atomic E-state index is -4.75. The number of carbonyl (C=O) groups is 1. The molecule has 0 spiro atoms. The smallest absolute Gasteiger partial charge is 0.417 e. The van der Waals surface area contributed by atoms with Gasteiger partial charge >= 0.3 is 6.18 Å². The summed E-state index contributed by atoms with van der Waals surface area (Å²) in [6, 6.07) is 4.38. The normalized spacial score (nSPS) is 13.2. The maximum Gasteiger partial charge on any atom is 0.417 e. The molecule has 1 aromatic carbocycles. The van der Waals surface area contributed by atoms with E-state index in [1.807, 2.05) is 0 Å². The molecule has 0 heterocycles. The Bertz CT molecular complexity index is 446. The molecule has 100 valence electrons. The fourth-order valence-corrected chi connectivity index (χ4v) is 1.51. The van der Waals surface area contributed by atoms with Crippen LogP contribution in [0.25, 0.3) is 0 Å². The number of rotatable bonds is 4. The zero-order chi connectivity index (χ0) is 13.9. The van der Waals surface area contributed by atoms with Crippen LogP contribution in [0.1, 0.15) is 17.3 Å². The lowest BCUT2D eigenvalue weighted by Crippen LogP contribution is -2.34. The zero-order valence-electron chi connectivity index (χ0n) is 9.29. The van der Waals surface area contributed by atoms with E-state index in [4.69, 9.17) is 9.84 Å². The van der Waals surface area contributed by atoms with E-state index in [-0.39, 0.29) is 17.1 Å². The summed E-state index contributed by atoms with van der Waals surface area (Å²) >= 11 is 3.12. The monoisotopic (exact) mass is 326 g/mol. The number of carbonyl (C=O) groups excluding carboxylic acids is 1. The second-order valence-electron chi connectivity index (χ2n) is 3.57. The Kier molecular flexibility index (Phi) is 4.75. The van der Waals surface area contributed by atoms with Gasteiger partial charge in [-0.15, -0.1) is 0 Å².